The van der Waals surface area contributed by atoms with Gasteiger partial charge in [-0.15, -0.1) is 0 Å². The van der Waals surface area contributed by atoms with Crippen LogP contribution in [0.3, 0.4) is 0 Å². The average Bonchev–Trinajstić information content (AvgIpc) is 3.53. The van der Waals surface area contributed by atoms with E-state index in [9.17, 15) is 4.79 Å². The topological polar surface area (TPSA) is 71.3 Å². The molecular weight excluding hydrogens is 476 g/mol. The van der Waals surface area contributed by atoms with E-state index in [1.807, 2.05) is 42.5 Å². The maximum absolute atomic E-state index is 13.0. The molecule has 0 bridgehead atoms. The smallest absolute Gasteiger partial charge is 0.274 e. The van der Waals surface area contributed by atoms with Crippen LogP contribution < -0.4 is 29.0 Å². The van der Waals surface area contributed by atoms with Gasteiger partial charge >= 0.3 is 0 Å². The number of rotatable bonds is 5. The molecule has 3 heterocycles. The monoisotopic (exact) mass is 492 g/mol. The number of thiazole rings is 1. The van der Waals surface area contributed by atoms with Crippen molar-refractivity contribution < 1.29 is 18.9 Å². The van der Waals surface area contributed by atoms with Gasteiger partial charge in [-0.05, 0) is 53.6 Å². The maximum atomic E-state index is 13.0. The lowest BCUT2D eigenvalue weighted by Crippen LogP contribution is -2.22. The number of para-hydroxylation sites is 2. The fraction of sp³-hybridized carbons (Fsp3) is 0.120. The largest absolute Gasteiger partial charge is 0.493 e. The SMILES string of the molecule is COc1cc(C=c2sc3nc4ccccc4n3c2=O)cc(Cl)c1OCc1ccc2c(c1)OCO2. The minimum absolute atomic E-state index is 0.119. The van der Waals surface area contributed by atoms with E-state index in [-0.39, 0.29) is 19.0 Å². The normalized spacial score (nSPS) is 13.2. The molecule has 6 rings (SSSR count). The van der Waals surface area contributed by atoms with Crippen molar-refractivity contribution in [3.63, 3.8) is 0 Å². The first kappa shape index (κ1) is 20.8. The molecule has 34 heavy (non-hydrogen) atoms. The third kappa shape index (κ3) is 3.52. The Labute approximate surface area is 202 Å². The lowest BCUT2D eigenvalue weighted by atomic mass is 10.2. The van der Waals surface area contributed by atoms with E-state index in [0.717, 1.165) is 22.2 Å². The Kier molecular flexibility index (Phi) is 5.04. The van der Waals surface area contributed by atoms with Gasteiger partial charge in [-0.25, -0.2) is 9.38 Å². The van der Waals surface area contributed by atoms with E-state index in [4.69, 9.17) is 30.5 Å². The number of hydrogen-bond donors (Lipinski definition) is 0. The molecule has 0 saturated carbocycles. The number of halogens is 1. The van der Waals surface area contributed by atoms with Gasteiger partial charge in [0.1, 0.15) is 6.61 Å². The van der Waals surface area contributed by atoms with Gasteiger partial charge in [0.15, 0.2) is 28.0 Å². The highest BCUT2D eigenvalue weighted by atomic mass is 35.5. The van der Waals surface area contributed by atoms with Crippen LogP contribution in [0.2, 0.25) is 5.02 Å². The standard InChI is InChI=1S/C25H17ClN2O5S/c1-30-21-10-15(11-22-24(29)28-18-5-3-2-4-17(18)27-25(28)34-22)8-16(26)23(21)31-12-14-6-7-19-20(9-14)33-13-32-19/h2-11H,12-13H2,1H3. The lowest BCUT2D eigenvalue weighted by molar-refractivity contribution is 0.174. The van der Waals surface area contributed by atoms with Gasteiger partial charge in [0, 0.05) is 0 Å². The van der Waals surface area contributed by atoms with Gasteiger partial charge in [0.2, 0.25) is 6.79 Å². The Morgan fingerprint density at radius 3 is 2.88 bits per heavy atom. The van der Waals surface area contributed by atoms with Crippen molar-refractivity contribution in [3.05, 3.63) is 85.6 Å². The Hall–Kier alpha value is -3.75. The van der Waals surface area contributed by atoms with E-state index >= 15 is 0 Å². The Balaban J connectivity index is 1.33. The average molecular weight is 493 g/mol. The minimum atomic E-state index is -0.119. The second-order valence-electron chi connectivity index (χ2n) is 7.64. The van der Waals surface area contributed by atoms with Crippen molar-refractivity contribution in [2.24, 2.45) is 0 Å². The molecule has 0 unspecified atom stereocenters. The van der Waals surface area contributed by atoms with Crippen molar-refractivity contribution in [2.45, 2.75) is 6.61 Å². The first-order chi connectivity index (χ1) is 16.6. The van der Waals surface area contributed by atoms with E-state index in [1.165, 1.54) is 11.3 Å². The predicted molar refractivity (Wildman–Crippen MR) is 131 cm³/mol. The number of imidazole rings is 1. The Morgan fingerprint density at radius 2 is 2.00 bits per heavy atom. The second-order valence-corrected chi connectivity index (χ2v) is 9.06. The van der Waals surface area contributed by atoms with Crippen molar-refractivity contribution in [1.82, 2.24) is 9.38 Å². The molecule has 0 atom stereocenters. The fourth-order valence-electron chi connectivity index (χ4n) is 3.91. The molecule has 7 nitrogen and oxygen atoms in total. The van der Waals surface area contributed by atoms with Gasteiger partial charge in [0.25, 0.3) is 5.56 Å². The predicted octanol–water partition coefficient (Wildman–Crippen LogP) is 4.43. The molecule has 0 aliphatic carbocycles. The highest BCUT2D eigenvalue weighted by Crippen LogP contribution is 2.38. The number of methoxy groups -OCH3 is 1. The molecule has 0 radical (unpaired) electrons. The van der Waals surface area contributed by atoms with E-state index in [1.54, 1.807) is 29.7 Å². The van der Waals surface area contributed by atoms with Crippen LogP contribution in [0.1, 0.15) is 11.1 Å². The molecule has 170 valence electrons. The lowest BCUT2D eigenvalue weighted by Gasteiger charge is -2.13. The van der Waals surface area contributed by atoms with Crippen LogP contribution in [-0.4, -0.2) is 23.3 Å². The summed E-state index contributed by atoms with van der Waals surface area (Å²) in [7, 11) is 1.55. The summed E-state index contributed by atoms with van der Waals surface area (Å²) in [6.45, 7) is 0.490. The number of benzene rings is 3. The molecule has 0 N–H and O–H groups in total. The Bertz CT molecular complexity index is 1680. The molecular formula is C25H17ClN2O5S. The summed E-state index contributed by atoms with van der Waals surface area (Å²) < 4.78 is 24.5. The van der Waals surface area contributed by atoms with Gasteiger partial charge in [-0.2, -0.15) is 0 Å². The van der Waals surface area contributed by atoms with Crippen LogP contribution >= 0.6 is 22.9 Å². The summed E-state index contributed by atoms with van der Waals surface area (Å²) >= 11 is 7.88. The third-order valence-corrected chi connectivity index (χ3v) is 6.76. The molecule has 1 aliphatic heterocycles. The van der Waals surface area contributed by atoms with Crippen LogP contribution in [0.5, 0.6) is 23.0 Å². The van der Waals surface area contributed by atoms with Crippen LogP contribution in [0.25, 0.3) is 22.1 Å². The first-order valence-electron chi connectivity index (χ1n) is 10.4. The van der Waals surface area contributed by atoms with Crippen molar-refractivity contribution in [3.8, 4) is 23.0 Å². The molecule has 0 spiro atoms. The highest BCUT2D eigenvalue weighted by Gasteiger charge is 2.16. The summed E-state index contributed by atoms with van der Waals surface area (Å²) in [6.07, 6.45) is 1.78. The molecule has 3 aromatic carbocycles. The molecule has 2 aromatic heterocycles. The molecule has 9 heteroatoms. The van der Waals surface area contributed by atoms with Crippen LogP contribution in [-0.2, 0) is 6.61 Å². The van der Waals surface area contributed by atoms with Gasteiger partial charge in [-0.3, -0.25) is 4.79 Å². The van der Waals surface area contributed by atoms with E-state index in [2.05, 4.69) is 4.98 Å². The van der Waals surface area contributed by atoms with Crippen molar-refractivity contribution in [1.29, 1.82) is 0 Å². The minimum Gasteiger partial charge on any atom is -0.493 e. The summed E-state index contributed by atoms with van der Waals surface area (Å²) in [6, 6.07) is 16.7. The molecule has 0 amide bonds. The zero-order chi connectivity index (χ0) is 23.2. The molecule has 1 aliphatic rings. The van der Waals surface area contributed by atoms with E-state index < -0.39 is 0 Å². The number of aromatic nitrogens is 2. The zero-order valence-corrected chi connectivity index (χ0v) is 19.5. The summed E-state index contributed by atoms with van der Waals surface area (Å²) in [5, 5.41) is 0.380. The van der Waals surface area contributed by atoms with Crippen LogP contribution in [0.15, 0.2) is 59.4 Å². The number of nitrogens with zero attached hydrogens (tertiary/aromatic N) is 2. The van der Waals surface area contributed by atoms with E-state index in [0.29, 0.717) is 37.5 Å². The van der Waals surface area contributed by atoms with Crippen molar-refractivity contribution >= 4 is 45.0 Å². The van der Waals surface area contributed by atoms with Gasteiger partial charge in [-0.1, -0.05) is 41.1 Å². The summed E-state index contributed by atoms with van der Waals surface area (Å²) in [5.41, 5.74) is 3.10. The number of fused-ring (bicyclic) bond motifs is 4. The first-order valence-corrected chi connectivity index (χ1v) is 11.6. The summed E-state index contributed by atoms with van der Waals surface area (Å²) in [4.78, 5) is 18.3. The van der Waals surface area contributed by atoms with Crippen molar-refractivity contribution in [2.75, 3.05) is 13.9 Å². The highest BCUT2D eigenvalue weighted by molar-refractivity contribution is 7.15. The van der Waals surface area contributed by atoms with Gasteiger partial charge in [0.05, 0.1) is 27.7 Å². The quantitative estimate of drug-likeness (QED) is 0.361. The van der Waals surface area contributed by atoms with Crippen LogP contribution in [0.4, 0.5) is 0 Å². The third-order valence-electron chi connectivity index (χ3n) is 5.51. The second kappa shape index (κ2) is 8.23. The van der Waals surface area contributed by atoms with Crippen LogP contribution in [0, 0.1) is 0 Å². The number of ether oxygens (including phenoxy) is 4. The Morgan fingerprint density at radius 1 is 1.15 bits per heavy atom. The molecule has 5 aromatic rings. The summed E-state index contributed by atoms with van der Waals surface area (Å²) in [5.74, 6) is 2.30. The van der Waals surface area contributed by atoms with Gasteiger partial charge < -0.3 is 18.9 Å². The maximum Gasteiger partial charge on any atom is 0.274 e. The molecule has 0 fully saturated rings. The fourth-order valence-corrected chi connectivity index (χ4v) is 5.17. The number of hydrogen-bond acceptors (Lipinski definition) is 7. The molecule has 0 saturated heterocycles. The zero-order valence-electron chi connectivity index (χ0n) is 17.9.